The largest absolute Gasteiger partial charge is 0.338 e. The summed E-state index contributed by atoms with van der Waals surface area (Å²) in [6.45, 7) is 0.0172. The Kier molecular flexibility index (Phi) is 2.17. The highest BCUT2D eigenvalue weighted by atomic mass is 16.1. The lowest BCUT2D eigenvalue weighted by Gasteiger charge is -2.00. The number of nitriles is 1. The smallest absolute Gasteiger partial charge is 0.278 e. The average Bonchev–Trinajstić information content (AvgIpc) is 2.68. The van der Waals surface area contributed by atoms with Gasteiger partial charge in [-0.15, -0.1) is 0 Å². The lowest BCUT2D eigenvalue weighted by atomic mass is 10.2. The molecule has 1 aromatic carbocycles. The third-order valence-corrected chi connectivity index (χ3v) is 3.11. The standard InChI is InChI=1S/C13H10N4O/c1-16-10-5-3-2-4-9(10)11-12(16)13(18)17(7-6-14)8-15-11/h2-5,8H,7H2,1H3. The first kappa shape index (κ1) is 10.5. The van der Waals surface area contributed by atoms with Gasteiger partial charge in [-0.25, -0.2) is 4.98 Å². The first-order valence-electron chi connectivity index (χ1n) is 5.53. The number of benzene rings is 1. The van der Waals surface area contributed by atoms with Crippen LogP contribution in [0.2, 0.25) is 0 Å². The van der Waals surface area contributed by atoms with E-state index in [1.165, 1.54) is 10.9 Å². The molecule has 3 rings (SSSR count). The van der Waals surface area contributed by atoms with Gasteiger partial charge >= 0.3 is 0 Å². The molecular weight excluding hydrogens is 228 g/mol. The van der Waals surface area contributed by atoms with Gasteiger partial charge in [0.05, 0.1) is 17.9 Å². The topological polar surface area (TPSA) is 63.6 Å². The molecule has 0 spiro atoms. The van der Waals surface area contributed by atoms with Crippen LogP contribution in [0.4, 0.5) is 0 Å². The summed E-state index contributed by atoms with van der Waals surface area (Å²) in [7, 11) is 1.84. The predicted molar refractivity (Wildman–Crippen MR) is 68.1 cm³/mol. The maximum absolute atomic E-state index is 12.3. The van der Waals surface area contributed by atoms with Crippen LogP contribution in [0.1, 0.15) is 0 Å². The zero-order valence-corrected chi connectivity index (χ0v) is 9.79. The normalized spacial score (nSPS) is 10.9. The number of fused-ring (bicyclic) bond motifs is 3. The van der Waals surface area contributed by atoms with Crippen molar-refractivity contribution in [3.8, 4) is 6.07 Å². The van der Waals surface area contributed by atoms with Gasteiger partial charge in [-0.1, -0.05) is 18.2 Å². The summed E-state index contributed by atoms with van der Waals surface area (Å²) in [6, 6.07) is 9.70. The van der Waals surface area contributed by atoms with E-state index in [4.69, 9.17) is 5.26 Å². The van der Waals surface area contributed by atoms with Crippen molar-refractivity contribution in [2.45, 2.75) is 6.54 Å². The van der Waals surface area contributed by atoms with Gasteiger partial charge in [0.1, 0.15) is 17.6 Å². The summed E-state index contributed by atoms with van der Waals surface area (Å²) in [6.07, 6.45) is 1.43. The Morgan fingerprint density at radius 2 is 2.17 bits per heavy atom. The predicted octanol–water partition coefficient (Wildman–Crippen LogP) is 1.41. The maximum Gasteiger partial charge on any atom is 0.278 e. The van der Waals surface area contributed by atoms with Crippen molar-refractivity contribution in [1.29, 1.82) is 5.26 Å². The van der Waals surface area contributed by atoms with E-state index in [2.05, 4.69) is 4.98 Å². The van der Waals surface area contributed by atoms with Gasteiger partial charge in [0.15, 0.2) is 0 Å². The van der Waals surface area contributed by atoms with E-state index in [0.717, 1.165) is 10.9 Å². The van der Waals surface area contributed by atoms with Gasteiger partial charge in [0.25, 0.3) is 5.56 Å². The summed E-state index contributed by atoms with van der Waals surface area (Å²) in [5.74, 6) is 0. The van der Waals surface area contributed by atoms with Crippen LogP contribution in [0.15, 0.2) is 35.4 Å². The van der Waals surface area contributed by atoms with E-state index in [-0.39, 0.29) is 12.1 Å². The molecule has 18 heavy (non-hydrogen) atoms. The number of hydrogen-bond acceptors (Lipinski definition) is 3. The number of hydrogen-bond donors (Lipinski definition) is 0. The Bertz CT molecular complexity index is 851. The summed E-state index contributed by atoms with van der Waals surface area (Å²) >= 11 is 0. The minimum atomic E-state index is -0.180. The van der Waals surface area contributed by atoms with Gasteiger partial charge in [-0.3, -0.25) is 9.36 Å². The Morgan fingerprint density at radius 1 is 1.39 bits per heavy atom. The summed E-state index contributed by atoms with van der Waals surface area (Å²) < 4.78 is 3.15. The lowest BCUT2D eigenvalue weighted by Crippen LogP contribution is -2.21. The molecule has 3 aromatic rings. The Labute approximate surface area is 103 Å². The second-order valence-electron chi connectivity index (χ2n) is 4.11. The molecule has 0 unspecified atom stereocenters. The highest BCUT2D eigenvalue weighted by molar-refractivity contribution is 6.05. The van der Waals surface area contributed by atoms with Gasteiger partial charge in [0.2, 0.25) is 0 Å². The molecule has 0 aliphatic rings. The zero-order chi connectivity index (χ0) is 12.7. The molecule has 2 aromatic heterocycles. The van der Waals surface area contributed by atoms with Crippen molar-refractivity contribution < 1.29 is 0 Å². The van der Waals surface area contributed by atoms with E-state index in [1.807, 2.05) is 41.9 Å². The Hall–Kier alpha value is -2.61. The number of para-hydroxylation sites is 1. The number of nitrogens with zero attached hydrogens (tertiary/aromatic N) is 4. The van der Waals surface area contributed by atoms with Crippen LogP contribution in [-0.4, -0.2) is 14.1 Å². The molecule has 0 amide bonds. The third-order valence-electron chi connectivity index (χ3n) is 3.11. The van der Waals surface area contributed by atoms with Crippen LogP contribution < -0.4 is 5.56 Å². The van der Waals surface area contributed by atoms with Crippen LogP contribution in [-0.2, 0) is 13.6 Å². The maximum atomic E-state index is 12.3. The Balaban J connectivity index is 2.54. The molecule has 0 atom stereocenters. The van der Waals surface area contributed by atoms with Crippen LogP contribution in [0.3, 0.4) is 0 Å². The summed E-state index contributed by atoms with van der Waals surface area (Å²) in [5, 5.41) is 9.64. The van der Waals surface area contributed by atoms with Crippen molar-refractivity contribution in [2.24, 2.45) is 7.05 Å². The lowest BCUT2D eigenvalue weighted by molar-refractivity contribution is 0.768. The summed E-state index contributed by atoms with van der Waals surface area (Å²) in [5.41, 5.74) is 2.01. The second kappa shape index (κ2) is 3.70. The Morgan fingerprint density at radius 3 is 2.94 bits per heavy atom. The van der Waals surface area contributed by atoms with Crippen LogP contribution in [0.5, 0.6) is 0 Å². The molecule has 5 nitrogen and oxygen atoms in total. The van der Waals surface area contributed by atoms with Crippen LogP contribution in [0.25, 0.3) is 21.9 Å². The molecule has 0 radical (unpaired) electrons. The van der Waals surface area contributed by atoms with Gasteiger partial charge in [-0.2, -0.15) is 5.26 Å². The highest BCUT2D eigenvalue weighted by Crippen LogP contribution is 2.23. The SMILES string of the molecule is Cn1c2ccccc2c2ncn(CC#N)c(=O)c21. The minimum absolute atomic E-state index is 0.0172. The fourth-order valence-corrected chi connectivity index (χ4v) is 2.25. The van der Waals surface area contributed by atoms with Crippen molar-refractivity contribution in [3.63, 3.8) is 0 Å². The van der Waals surface area contributed by atoms with E-state index >= 15 is 0 Å². The fraction of sp³-hybridized carbons (Fsp3) is 0.154. The number of aryl methyl sites for hydroxylation is 1. The molecule has 0 saturated carbocycles. The first-order chi connectivity index (χ1) is 8.74. The molecule has 88 valence electrons. The molecule has 0 aliphatic heterocycles. The average molecular weight is 238 g/mol. The van der Waals surface area contributed by atoms with E-state index in [1.54, 1.807) is 0 Å². The quantitative estimate of drug-likeness (QED) is 0.644. The first-order valence-corrected chi connectivity index (χ1v) is 5.53. The molecule has 0 bridgehead atoms. The highest BCUT2D eigenvalue weighted by Gasteiger charge is 2.13. The molecule has 5 heteroatoms. The molecule has 0 N–H and O–H groups in total. The number of rotatable bonds is 1. The van der Waals surface area contributed by atoms with Gasteiger partial charge < -0.3 is 4.57 Å². The van der Waals surface area contributed by atoms with E-state index < -0.39 is 0 Å². The zero-order valence-electron chi connectivity index (χ0n) is 9.79. The van der Waals surface area contributed by atoms with Gasteiger partial charge in [0, 0.05) is 12.4 Å². The molecule has 2 heterocycles. The van der Waals surface area contributed by atoms with E-state index in [9.17, 15) is 4.79 Å². The van der Waals surface area contributed by atoms with Crippen molar-refractivity contribution in [3.05, 3.63) is 40.9 Å². The molecule has 0 saturated heterocycles. The molecule has 0 aliphatic carbocycles. The fourth-order valence-electron chi connectivity index (χ4n) is 2.25. The minimum Gasteiger partial charge on any atom is -0.338 e. The molecule has 0 fully saturated rings. The third kappa shape index (κ3) is 1.26. The van der Waals surface area contributed by atoms with Crippen molar-refractivity contribution >= 4 is 21.9 Å². The number of aromatic nitrogens is 3. The van der Waals surface area contributed by atoms with Gasteiger partial charge in [-0.05, 0) is 6.07 Å². The summed E-state index contributed by atoms with van der Waals surface area (Å²) in [4.78, 5) is 16.6. The van der Waals surface area contributed by atoms with Crippen molar-refractivity contribution in [2.75, 3.05) is 0 Å². The molecular formula is C13H10N4O. The van der Waals surface area contributed by atoms with Crippen LogP contribution in [0, 0.1) is 11.3 Å². The monoisotopic (exact) mass is 238 g/mol. The van der Waals surface area contributed by atoms with Crippen molar-refractivity contribution in [1.82, 2.24) is 14.1 Å². The van der Waals surface area contributed by atoms with Crippen LogP contribution >= 0.6 is 0 Å². The second-order valence-corrected chi connectivity index (χ2v) is 4.11. The van der Waals surface area contributed by atoms with E-state index in [0.29, 0.717) is 11.0 Å².